The number of amides is 3. The topological polar surface area (TPSA) is 134 Å². The SMILES string of the molecule is O=C1NC(=O)C(Cc2ccc(Oc3ccc(CC(NC(=O)C4CCCN4)C(=O)O)cc3)cc2)S1. The van der Waals surface area contributed by atoms with Gasteiger partial charge in [-0.05, 0) is 61.2 Å². The molecule has 3 amide bonds. The van der Waals surface area contributed by atoms with Crippen molar-refractivity contribution in [2.45, 2.75) is 43.0 Å². The molecule has 0 bridgehead atoms. The van der Waals surface area contributed by atoms with Crippen LogP contribution < -0.4 is 20.7 Å². The van der Waals surface area contributed by atoms with E-state index in [9.17, 15) is 24.3 Å². The Kier molecular flexibility index (Phi) is 7.49. The van der Waals surface area contributed by atoms with Crippen molar-refractivity contribution in [1.82, 2.24) is 16.0 Å². The summed E-state index contributed by atoms with van der Waals surface area (Å²) in [6.45, 7) is 0.762. The van der Waals surface area contributed by atoms with Gasteiger partial charge in [-0.3, -0.25) is 19.7 Å². The number of hydrogen-bond donors (Lipinski definition) is 4. The number of thioether (sulfide) groups is 1. The number of aliphatic carboxylic acids is 1. The number of rotatable bonds is 9. The van der Waals surface area contributed by atoms with E-state index in [0.29, 0.717) is 24.3 Å². The molecule has 2 aliphatic heterocycles. The number of nitrogens with one attached hydrogen (secondary N) is 3. The number of ether oxygens (including phenoxy) is 1. The van der Waals surface area contributed by atoms with Crippen LogP contribution in [0.1, 0.15) is 24.0 Å². The number of carbonyl (C=O) groups excluding carboxylic acids is 3. The summed E-state index contributed by atoms with van der Waals surface area (Å²) in [5.41, 5.74) is 1.68. The van der Waals surface area contributed by atoms with Crippen LogP contribution in [0.4, 0.5) is 4.79 Å². The third-order valence-electron chi connectivity index (χ3n) is 5.70. The van der Waals surface area contributed by atoms with E-state index >= 15 is 0 Å². The van der Waals surface area contributed by atoms with Crippen molar-refractivity contribution in [3.05, 3.63) is 59.7 Å². The van der Waals surface area contributed by atoms with Crippen LogP contribution in [0.5, 0.6) is 11.5 Å². The van der Waals surface area contributed by atoms with Gasteiger partial charge in [0.2, 0.25) is 11.8 Å². The Bertz CT molecular complexity index is 1070. The third kappa shape index (κ3) is 6.15. The number of imide groups is 1. The Morgan fingerprint density at radius 2 is 1.71 bits per heavy atom. The maximum Gasteiger partial charge on any atom is 0.326 e. The third-order valence-corrected chi connectivity index (χ3v) is 6.68. The summed E-state index contributed by atoms with van der Waals surface area (Å²) in [5.74, 6) is -0.443. The molecule has 4 N–H and O–H groups in total. The van der Waals surface area contributed by atoms with Gasteiger partial charge in [-0.2, -0.15) is 0 Å². The standard InChI is InChI=1S/C24H25N3O6S/c28-21(18-2-1-11-25-18)26-19(23(30)31)12-14-3-7-16(8-4-14)33-17-9-5-15(6-10-17)13-20-22(29)27-24(32)34-20/h3-10,18-20,25H,1-2,11-13H2,(H,26,28)(H,30,31)(H,27,29,32). The molecular formula is C24H25N3O6S. The van der Waals surface area contributed by atoms with Crippen LogP contribution in [0, 0.1) is 0 Å². The maximum absolute atomic E-state index is 12.3. The first-order valence-electron chi connectivity index (χ1n) is 11.0. The van der Waals surface area contributed by atoms with E-state index in [2.05, 4.69) is 16.0 Å². The summed E-state index contributed by atoms with van der Waals surface area (Å²) in [6, 6.07) is 13.0. The number of benzene rings is 2. The lowest BCUT2D eigenvalue weighted by molar-refractivity contribution is -0.142. The van der Waals surface area contributed by atoms with E-state index in [4.69, 9.17) is 4.74 Å². The summed E-state index contributed by atoms with van der Waals surface area (Å²) in [5, 5.41) is 16.7. The highest BCUT2D eigenvalue weighted by Gasteiger charge is 2.31. The fraction of sp³-hybridized carbons (Fsp3) is 0.333. The molecule has 3 unspecified atom stereocenters. The molecule has 2 aliphatic rings. The molecule has 10 heteroatoms. The van der Waals surface area contributed by atoms with Crippen molar-refractivity contribution in [2.75, 3.05) is 6.54 Å². The largest absolute Gasteiger partial charge is 0.480 e. The zero-order chi connectivity index (χ0) is 24.1. The minimum atomic E-state index is -1.08. The van der Waals surface area contributed by atoms with Gasteiger partial charge >= 0.3 is 5.97 Å². The fourth-order valence-electron chi connectivity index (χ4n) is 3.88. The normalized spacial score (nSPS) is 20.6. The lowest BCUT2D eigenvalue weighted by Gasteiger charge is -2.18. The molecule has 2 saturated heterocycles. The minimum Gasteiger partial charge on any atom is -0.480 e. The Morgan fingerprint density at radius 1 is 1.06 bits per heavy atom. The van der Waals surface area contributed by atoms with Gasteiger partial charge in [-0.1, -0.05) is 36.0 Å². The molecule has 2 aromatic rings. The predicted octanol–water partition coefficient (Wildman–Crippen LogP) is 2.24. The second-order valence-electron chi connectivity index (χ2n) is 8.23. The second kappa shape index (κ2) is 10.7. The average molecular weight is 484 g/mol. The molecule has 3 atom stereocenters. The molecular weight excluding hydrogens is 458 g/mol. The quantitative estimate of drug-likeness (QED) is 0.427. The van der Waals surface area contributed by atoms with Crippen LogP contribution in [0.3, 0.4) is 0 Å². The minimum absolute atomic E-state index is 0.165. The smallest absolute Gasteiger partial charge is 0.326 e. The van der Waals surface area contributed by atoms with E-state index in [-0.39, 0.29) is 29.5 Å². The lowest BCUT2D eigenvalue weighted by Crippen LogP contribution is -2.49. The van der Waals surface area contributed by atoms with E-state index in [0.717, 1.165) is 35.9 Å². The van der Waals surface area contributed by atoms with E-state index in [1.165, 1.54) is 0 Å². The molecule has 2 heterocycles. The number of hydrogen-bond acceptors (Lipinski definition) is 7. The van der Waals surface area contributed by atoms with E-state index in [1.807, 2.05) is 12.1 Å². The van der Waals surface area contributed by atoms with Crippen molar-refractivity contribution in [3.8, 4) is 11.5 Å². The van der Waals surface area contributed by atoms with Crippen molar-refractivity contribution in [3.63, 3.8) is 0 Å². The molecule has 178 valence electrons. The molecule has 34 heavy (non-hydrogen) atoms. The molecule has 0 radical (unpaired) electrons. The predicted molar refractivity (Wildman–Crippen MR) is 126 cm³/mol. The van der Waals surface area contributed by atoms with Crippen LogP contribution in [-0.4, -0.2) is 52.0 Å². The molecule has 2 aromatic carbocycles. The maximum atomic E-state index is 12.3. The Hall–Kier alpha value is -3.37. The second-order valence-corrected chi connectivity index (χ2v) is 9.41. The Labute approximate surface area is 200 Å². The summed E-state index contributed by atoms with van der Waals surface area (Å²) in [4.78, 5) is 46.9. The van der Waals surface area contributed by atoms with Crippen LogP contribution in [0.2, 0.25) is 0 Å². The highest BCUT2D eigenvalue weighted by Crippen LogP contribution is 2.26. The first-order chi connectivity index (χ1) is 16.4. The van der Waals surface area contributed by atoms with Gasteiger partial charge in [-0.15, -0.1) is 0 Å². The summed E-state index contributed by atoms with van der Waals surface area (Å²) in [6.07, 6.45) is 2.23. The van der Waals surface area contributed by atoms with Crippen LogP contribution in [0.25, 0.3) is 0 Å². The van der Waals surface area contributed by atoms with Crippen molar-refractivity contribution in [1.29, 1.82) is 0 Å². The lowest BCUT2D eigenvalue weighted by atomic mass is 10.0. The van der Waals surface area contributed by atoms with Crippen molar-refractivity contribution in [2.24, 2.45) is 0 Å². The molecule has 0 aliphatic carbocycles. The highest BCUT2D eigenvalue weighted by molar-refractivity contribution is 8.15. The summed E-state index contributed by atoms with van der Waals surface area (Å²) in [7, 11) is 0. The zero-order valence-electron chi connectivity index (χ0n) is 18.3. The molecule has 9 nitrogen and oxygen atoms in total. The number of carboxylic acid groups (broad SMARTS) is 1. The van der Waals surface area contributed by atoms with Gasteiger partial charge in [0.25, 0.3) is 5.24 Å². The van der Waals surface area contributed by atoms with Gasteiger partial charge in [0.05, 0.1) is 11.3 Å². The van der Waals surface area contributed by atoms with Gasteiger partial charge in [0.15, 0.2) is 0 Å². The zero-order valence-corrected chi connectivity index (χ0v) is 19.1. The van der Waals surface area contributed by atoms with E-state index in [1.54, 1.807) is 36.4 Å². The average Bonchev–Trinajstić information content (AvgIpc) is 3.45. The van der Waals surface area contributed by atoms with Crippen LogP contribution >= 0.6 is 11.8 Å². The fourth-order valence-corrected chi connectivity index (χ4v) is 4.74. The highest BCUT2D eigenvalue weighted by atomic mass is 32.2. The van der Waals surface area contributed by atoms with Crippen molar-refractivity contribution < 1.29 is 29.0 Å². The van der Waals surface area contributed by atoms with Gasteiger partial charge in [0.1, 0.15) is 17.5 Å². The summed E-state index contributed by atoms with van der Waals surface area (Å²) < 4.78 is 5.85. The molecule has 0 aromatic heterocycles. The first-order valence-corrected chi connectivity index (χ1v) is 11.9. The Balaban J connectivity index is 1.31. The molecule has 2 fully saturated rings. The van der Waals surface area contributed by atoms with Gasteiger partial charge in [0, 0.05) is 6.42 Å². The van der Waals surface area contributed by atoms with Crippen LogP contribution in [0.15, 0.2) is 48.5 Å². The van der Waals surface area contributed by atoms with Gasteiger partial charge < -0.3 is 20.5 Å². The summed E-state index contributed by atoms with van der Waals surface area (Å²) >= 11 is 0.998. The monoisotopic (exact) mass is 483 g/mol. The van der Waals surface area contributed by atoms with Crippen molar-refractivity contribution >= 4 is 34.8 Å². The van der Waals surface area contributed by atoms with Gasteiger partial charge in [-0.25, -0.2) is 4.79 Å². The van der Waals surface area contributed by atoms with E-state index < -0.39 is 17.3 Å². The number of carboxylic acids is 1. The number of carbonyl (C=O) groups is 4. The molecule has 0 spiro atoms. The van der Waals surface area contributed by atoms with Crippen LogP contribution in [-0.2, 0) is 27.2 Å². The Morgan fingerprint density at radius 3 is 2.24 bits per heavy atom. The first kappa shape index (κ1) is 23.8. The molecule has 0 saturated carbocycles. The molecule has 4 rings (SSSR count).